The summed E-state index contributed by atoms with van der Waals surface area (Å²) in [7, 11) is 1.35. The third kappa shape index (κ3) is 4.86. The number of nitrogens with zero attached hydrogens (tertiary/aromatic N) is 3. The van der Waals surface area contributed by atoms with Crippen LogP contribution in [0.3, 0.4) is 0 Å². The van der Waals surface area contributed by atoms with E-state index in [2.05, 4.69) is 36.5 Å². The number of benzene rings is 1. The highest BCUT2D eigenvalue weighted by molar-refractivity contribution is 9.10. The lowest BCUT2D eigenvalue weighted by Crippen LogP contribution is -2.46. The summed E-state index contributed by atoms with van der Waals surface area (Å²) in [4.78, 5) is 34.6. The molecule has 1 aromatic heterocycles. The van der Waals surface area contributed by atoms with Gasteiger partial charge in [-0.3, -0.25) is 14.7 Å². The molecule has 1 aromatic carbocycles. The predicted molar refractivity (Wildman–Crippen MR) is 122 cm³/mol. The zero-order valence-electron chi connectivity index (χ0n) is 17.7. The van der Waals surface area contributed by atoms with Crippen LogP contribution in [-0.2, 0) is 9.59 Å². The van der Waals surface area contributed by atoms with E-state index < -0.39 is 48.7 Å². The molecule has 3 heterocycles. The van der Waals surface area contributed by atoms with E-state index in [1.54, 1.807) is 11.6 Å². The maximum atomic E-state index is 14.2. The fraction of sp³-hybridized carbons (Fsp3) is 0.333. The second-order valence-corrected chi connectivity index (χ2v) is 9.55. The molecule has 1 saturated heterocycles. The average Bonchev–Trinajstić information content (AvgIpc) is 3.40. The number of hydrogen-bond acceptors (Lipinski definition) is 7. The number of likely N-dealkylation sites (N-methyl/N-ethyl adjacent to an activating group) is 1. The van der Waals surface area contributed by atoms with Crippen molar-refractivity contribution in [1.82, 2.24) is 20.5 Å². The first-order valence-electron chi connectivity index (χ1n) is 10.1. The van der Waals surface area contributed by atoms with E-state index in [1.807, 2.05) is 0 Å². The van der Waals surface area contributed by atoms with Gasteiger partial charge < -0.3 is 15.7 Å². The Morgan fingerprint density at radius 1 is 1.41 bits per heavy atom. The largest absolute Gasteiger partial charge is 0.478 e. The fourth-order valence-electron chi connectivity index (χ4n) is 4.05. The SMILES string of the molecule is CNC(=O)[C@@H]1CC(F)(F)CN1CC1=C(C(=O)O)C(c2ccc(F)cc2Br)N=C(c2nccs2)N1. The van der Waals surface area contributed by atoms with Gasteiger partial charge in [-0.25, -0.2) is 22.9 Å². The molecule has 0 aliphatic carbocycles. The number of halogens is 4. The number of rotatable bonds is 6. The van der Waals surface area contributed by atoms with Gasteiger partial charge in [-0.1, -0.05) is 22.0 Å². The summed E-state index contributed by atoms with van der Waals surface area (Å²) in [5.74, 6) is -5.30. The van der Waals surface area contributed by atoms with Crippen LogP contribution in [0.25, 0.3) is 0 Å². The summed E-state index contributed by atoms with van der Waals surface area (Å²) >= 11 is 4.52. The zero-order valence-corrected chi connectivity index (χ0v) is 20.1. The highest BCUT2D eigenvalue weighted by Gasteiger charge is 2.48. The number of carboxylic acid groups (broad SMARTS) is 1. The summed E-state index contributed by atoms with van der Waals surface area (Å²) in [5, 5.41) is 17.6. The number of carbonyl (C=O) groups is 2. The number of aromatic nitrogens is 1. The number of hydrogen-bond donors (Lipinski definition) is 3. The first-order valence-corrected chi connectivity index (χ1v) is 11.8. The number of carbonyl (C=O) groups excluding carboxylic acids is 1. The Bertz CT molecular complexity index is 1190. The summed E-state index contributed by atoms with van der Waals surface area (Å²) in [6.45, 7) is -0.979. The molecule has 0 bridgehead atoms. The molecular formula is C21H19BrF3N5O3S. The molecule has 2 aromatic rings. The molecule has 180 valence electrons. The molecule has 2 atom stereocenters. The van der Waals surface area contributed by atoms with Crippen molar-refractivity contribution in [3.63, 3.8) is 0 Å². The van der Waals surface area contributed by atoms with Gasteiger partial charge >= 0.3 is 5.97 Å². The summed E-state index contributed by atoms with van der Waals surface area (Å²) in [6.07, 6.45) is 0.870. The molecule has 1 fully saturated rings. The zero-order chi connectivity index (χ0) is 24.6. The van der Waals surface area contributed by atoms with Gasteiger partial charge in [0.05, 0.1) is 18.2 Å². The lowest BCUT2D eigenvalue weighted by Gasteiger charge is -2.30. The molecule has 13 heteroatoms. The van der Waals surface area contributed by atoms with Crippen LogP contribution in [-0.4, -0.2) is 64.8 Å². The van der Waals surface area contributed by atoms with Crippen LogP contribution >= 0.6 is 27.3 Å². The molecule has 1 amide bonds. The number of carboxylic acids is 1. The van der Waals surface area contributed by atoms with Crippen molar-refractivity contribution in [2.75, 3.05) is 20.1 Å². The molecule has 3 N–H and O–H groups in total. The Balaban J connectivity index is 1.81. The Morgan fingerprint density at radius 3 is 2.79 bits per heavy atom. The molecule has 34 heavy (non-hydrogen) atoms. The first kappa shape index (κ1) is 24.4. The maximum Gasteiger partial charge on any atom is 0.335 e. The normalized spacial score (nSPS) is 22.3. The quantitative estimate of drug-likeness (QED) is 0.504. The molecular weight excluding hydrogens is 539 g/mol. The van der Waals surface area contributed by atoms with Gasteiger partial charge in [0.15, 0.2) is 10.8 Å². The third-order valence-electron chi connectivity index (χ3n) is 5.53. The van der Waals surface area contributed by atoms with E-state index in [0.717, 1.165) is 0 Å². The number of alkyl halides is 2. The minimum absolute atomic E-state index is 0.0977. The molecule has 8 nitrogen and oxygen atoms in total. The minimum atomic E-state index is -3.11. The first-order chi connectivity index (χ1) is 16.1. The fourth-order valence-corrected chi connectivity index (χ4v) is 5.20. The Kier molecular flexibility index (Phi) is 6.78. The van der Waals surface area contributed by atoms with Gasteiger partial charge in [0, 0.05) is 41.8 Å². The number of amidine groups is 1. The standard InChI is InChI=1S/C21H19BrF3N5O3S/c1-26-18(31)14-7-21(24,25)9-30(14)8-13-15(20(32)33)16(11-3-2-10(23)6-12(11)22)29-17(28-13)19-27-4-5-34-19/h2-6,14,16H,7-9H2,1H3,(H,26,31)(H,28,29)(H,32,33)/t14-,16?/m0/s1. The van der Waals surface area contributed by atoms with E-state index in [-0.39, 0.29) is 23.7 Å². The van der Waals surface area contributed by atoms with Crippen LogP contribution in [0.2, 0.25) is 0 Å². The van der Waals surface area contributed by atoms with Gasteiger partial charge in [-0.15, -0.1) is 11.3 Å². The van der Waals surface area contributed by atoms with Crippen molar-refractivity contribution in [2.45, 2.75) is 24.4 Å². The second-order valence-electron chi connectivity index (χ2n) is 7.80. The van der Waals surface area contributed by atoms with Crippen LogP contribution in [0.4, 0.5) is 13.2 Å². The summed E-state index contributed by atoms with van der Waals surface area (Å²) < 4.78 is 42.5. The highest BCUT2D eigenvalue weighted by Crippen LogP contribution is 2.38. The predicted octanol–water partition coefficient (Wildman–Crippen LogP) is 2.93. The van der Waals surface area contributed by atoms with Crippen molar-refractivity contribution in [2.24, 2.45) is 4.99 Å². The molecule has 2 aliphatic heterocycles. The van der Waals surface area contributed by atoms with Gasteiger partial charge in [0.1, 0.15) is 11.9 Å². The monoisotopic (exact) mass is 557 g/mol. The Morgan fingerprint density at radius 2 is 2.18 bits per heavy atom. The van der Waals surface area contributed by atoms with Gasteiger partial charge in [-0.2, -0.15) is 0 Å². The molecule has 1 unspecified atom stereocenters. The molecule has 0 radical (unpaired) electrons. The lowest BCUT2D eigenvalue weighted by molar-refractivity contribution is -0.133. The van der Waals surface area contributed by atoms with Crippen molar-refractivity contribution < 1.29 is 27.9 Å². The van der Waals surface area contributed by atoms with E-state index >= 15 is 0 Å². The van der Waals surface area contributed by atoms with E-state index in [9.17, 15) is 27.9 Å². The van der Waals surface area contributed by atoms with Gasteiger partial charge in [-0.05, 0) is 17.7 Å². The number of aliphatic carboxylic acids is 1. The van der Waals surface area contributed by atoms with E-state index in [1.165, 1.54) is 41.5 Å². The molecule has 0 spiro atoms. The number of amides is 1. The van der Waals surface area contributed by atoms with Crippen LogP contribution in [0.5, 0.6) is 0 Å². The third-order valence-corrected chi connectivity index (χ3v) is 6.99. The lowest BCUT2D eigenvalue weighted by atomic mass is 9.95. The topological polar surface area (TPSA) is 107 Å². The number of thiazole rings is 1. The number of aliphatic imine (C=N–C) groups is 1. The van der Waals surface area contributed by atoms with Crippen molar-refractivity contribution in [3.05, 3.63) is 61.9 Å². The maximum absolute atomic E-state index is 14.2. The summed E-state index contributed by atoms with van der Waals surface area (Å²) in [5.41, 5.74) is 0.278. The van der Waals surface area contributed by atoms with Gasteiger partial charge in [0.2, 0.25) is 5.91 Å². The highest BCUT2D eigenvalue weighted by atomic mass is 79.9. The van der Waals surface area contributed by atoms with E-state index in [0.29, 0.717) is 15.0 Å². The van der Waals surface area contributed by atoms with E-state index in [4.69, 9.17) is 0 Å². The van der Waals surface area contributed by atoms with Crippen molar-refractivity contribution in [3.8, 4) is 0 Å². The summed E-state index contributed by atoms with van der Waals surface area (Å²) in [6, 6.07) is 1.57. The smallest absolute Gasteiger partial charge is 0.335 e. The Labute approximate surface area is 204 Å². The molecule has 0 saturated carbocycles. The van der Waals surface area contributed by atoms with Crippen LogP contribution in [0.1, 0.15) is 23.0 Å². The van der Waals surface area contributed by atoms with Crippen molar-refractivity contribution in [1.29, 1.82) is 0 Å². The van der Waals surface area contributed by atoms with Gasteiger partial charge in [0.25, 0.3) is 5.92 Å². The Hall–Kier alpha value is -2.77. The van der Waals surface area contributed by atoms with Crippen LogP contribution in [0, 0.1) is 5.82 Å². The number of nitrogens with one attached hydrogen (secondary N) is 2. The second kappa shape index (κ2) is 9.47. The molecule has 2 aliphatic rings. The van der Waals surface area contributed by atoms with Crippen LogP contribution < -0.4 is 10.6 Å². The van der Waals surface area contributed by atoms with Crippen molar-refractivity contribution >= 4 is 45.0 Å². The number of likely N-dealkylation sites (tertiary alicyclic amines) is 1. The molecule has 4 rings (SSSR count). The minimum Gasteiger partial charge on any atom is -0.478 e. The van der Waals surface area contributed by atoms with Crippen LogP contribution in [0.15, 0.2) is 50.5 Å². The average molecular weight is 558 g/mol.